The van der Waals surface area contributed by atoms with E-state index in [-0.39, 0.29) is 12.3 Å². The number of pyridine rings is 1. The lowest BCUT2D eigenvalue weighted by Crippen LogP contribution is -2.19. The molecule has 0 aliphatic carbocycles. The van der Waals surface area contributed by atoms with Gasteiger partial charge < -0.3 is 10.5 Å². The average molecular weight is 282 g/mol. The normalized spacial score (nSPS) is 13.0. The zero-order valence-corrected chi connectivity index (χ0v) is 10.5. The summed E-state index contributed by atoms with van der Waals surface area (Å²) < 4.78 is 43.4. The van der Waals surface area contributed by atoms with Gasteiger partial charge in [-0.15, -0.1) is 0 Å². The molecule has 0 amide bonds. The van der Waals surface area contributed by atoms with E-state index >= 15 is 0 Å². The second-order valence-corrected chi connectivity index (χ2v) is 4.12. The molecule has 2 rings (SSSR count). The van der Waals surface area contributed by atoms with Crippen molar-refractivity contribution in [1.29, 1.82) is 0 Å². The summed E-state index contributed by atoms with van der Waals surface area (Å²) in [5.41, 5.74) is 5.41. The number of ether oxygens (including phenoxy) is 1. The molecule has 1 aromatic carbocycles. The Morgan fingerprint density at radius 2 is 1.95 bits per heavy atom. The van der Waals surface area contributed by atoms with E-state index in [9.17, 15) is 13.2 Å². The van der Waals surface area contributed by atoms with Crippen molar-refractivity contribution in [1.82, 2.24) is 4.98 Å². The van der Waals surface area contributed by atoms with Crippen LogP contribution in [-0.2, 0) is 6.18 Å². The van der Waals surface area contributed by atoms with Gasteiger partial charge in [0.2, 0.25) is 0 Å². The van der Waals surface area contributed by atoms with E-state index < -0.39 is 17.8 Å². The number of aromatic nitrogens is 1. The zero-order valence-electron chi connectivity index (χ0n) is 10.5. The fourth-order valence-electron chi connectivity index (χ4n) is 1.71. The molecule has 3 nitrogen and oxygen atoms in total. The lowest BCUT2D eigenvalue weighted by molar-refractivity contribution is -0.137. The molecular weight excluding hydrogens is 269 g/mol. The van der Waals surface area contributed by atoms with Crippen molar-refractivity contribution in [2.45, 2.75) is 12.3 Å². The Kier molecular flexibility index (Phi) is 4.24. The number of benzene rings is 1. The molecule has 6 heteroatoms. The Balaban J connectivity index is 2.20. The van der Waals surface area contributed by atoms with Crippen LogP contribution < -0.4 is 10.5 Å². The van der Waals surface area contributed by atoms with Gasteiger partial charge in [-0.3, -0.25) is 4.98 Å². The highest BCUT2D eigenvalue weighted by atomic mass is 19.4. The van der Waals surface area contributed by atoms with Gasteiger partial charge in [0.05, 0.1) is 11.3 Å². The summed E-state index contributed by atoms with van der Waals surface area (Å²) in [6.45, 7) is 0.118. The zero-order chi connectivity index (χ0) is 14.6. The molecule has 0 aliphatic heterocycles. The number of halogens is 3. The van der Waals surface area contributed by atoms with E-state index in [0.717, 1.165) is 12.1 Å². The Bertz CT molecular complexity index is 558. The maximum absolute atomic E-state index is 12.6. The van der Waals surface area contributed by atoms with Crippen LogP contribution in [0.1, 0.15) is 17.4 Å². The molecule has 2 aromatic rings. The summed E-state index contributed by atoms with van der Waals surface area (Å²) in [4.78, 5) is 4.09. The highest BCUT2D eigenvalue weighted by molar-refractivity contribution is 5.31. The van der Waals surface area contributed by atoms with E-state index in [2.05, 4.69) is 4.98 Å². The van der Waals surface area contributed by atoms with Crippen molar-refractivity contribution < 1.29 is 17.9 Å². The standard InChI is InChI=1S/C14H13F3N2O/c15-14(16,17)10-4-3-5-11(8-10)20-13(9-18)12-6-1-2-7-19-12/h1-8,13H,9,18H2. The maximum atomic E-state index is 12.6. The maximum Gasteiger partial charge on any atom is 0.416 e. The topological polar surface area (TPSA) is 48.1 Å². The number of hydrogen-bond acceptors (Lipinski definition) is 3. The fraction of sp³-hybridized carbons (Fsp3) is 0.214. The van der Waals surface area contributed by atoms with E-state index in [4.69, 9.17) is 10.5 Å². The molecule has 0 spiro atoms. The number of rotatable bonds is 4. The third kappa shape index (κ3) is 3.48. The van der Waals surface area contributed by atoms with Gasteiger partial charge in [0.25, 0.3) is 0 Å². The molecule has 0 aliphatic rings. The van der Waals surface area contributed by atoms with E-state index in [1.807, 2.05) is 0 Å². The van der Waals surface area contributed by atoms with E-state index in [0.29, 0.717) is 5.69 Å². The molecule has 0 bridgehead atoms. The highest BCUT2D eigenvalue weighted by Gasteiger charge is 2.30. The van der Waals surface area contributed by atoms with Crippen LogP contribution >= 0.6 is 0 Å². The predicted molar refractivity (Wildman–Crippen MR) is 68.1 cm³/mol. The van der Waals surface area contributed by atoms with Crippen LogP contribution in [-0.4, -0.2) is 11.5 Å². The lowest BCUT2D eigenvalue weighted by atomic mass is 10.2. The highest BCUT2D eigenvalue weighted by Crippen LogP contribution is 2.32. The summed E-state index contributed by atoms with van der Waals surface area (Å²) in [6, 6.07) is 9.91. The van der Waals surface area contributed by atoms with Crippen LogP contribution in [0.3, 0.4) is 0 Å². The van der Waals surface area contributed by atoms with Crippen molar-refractivity contribution in [2.24, 2.45) is 5.73 Å². The van der Waals surface area contributed by atoms with Crippen LogP contribution in [0.4, 0.5) is 13.2 Å². The Hall–Kier alpha value is -2.08. The minimum Gasteiger partial charge on any atom is -0.483 e. The molecule has 106 valence electrons. The number of nitrogens with two attached hydrogens (primary N) is 1. The molecule has 0 radical (unpaired) electrons. The molecule has 1 unspecified atom stereocenters. The SMILES string of the molecule is NCC(Oc1cccc(C(F)(F)F)c1)c1ccccn1. The second kappa shape index (κ2) is 5.92. The van der Waals surface area contributed by atoms with Gasteiger partial charge >= 0.3 is 6.18 Å². The average Bonchev–Trinajstić information content (AvgIpc) is 2.45. The first-order chi connectivity index (χ1) is 9.50. The minimum atomic E-state index is -4.40. The van der Waals surface area contributed by atoms with Crippen LogP contribution in [0.5, 0.6) is 5.75 Å². The largest absolute Gasteiger partial charge is 0.483 e. The molecule has 0 saturated carbocycles. The summed E-state index contributed by atoms with van der Waals surface area (Å²) in [5, 5.41) is 0. The first-order valence-electron chi connectivity index (χ1n) is 5.95. The first kappa shape index (κ1) is 14.3. The molecule has 0 saturated heterocycles. The molecule has 20 heavy (non-hydrogen) atoms. The third-order valence-electron chi connectivity index (χ3n) is 2.67. The third-order valence-corrected chi connectivity index (χ3v) is 2.67. The van der Waals surface area contributed by atoms with Gasteiger partial charge in [0.15, 0.2) is 6.10 Å². The van der Waals surface area contributed by atoms with E-state index in [1.54, 1.807) is 24.4 Å². The van der Waals surface area contributed by atoms with Crippen LogP contribution in [0.15, 0.2) is 48.7 Å². The lowest BCUT2D eigenvalue weighted by Gasteiger charge is -2.17. The summed E-state index contributed by atoms with van der Waals surface area (Å²) in [5.74, 6) is 0.112. The Morgan fingerprint density at radius 1 is 1.15 bits per heavy atom. The van der Waals surface area contributed by atoms with Gasteiger partial charge in [0.1, 0.15) is 5.75 Å². The fourth-order valence-corrected chi connectivity index (χ4v) is 1.71. The van der Waals surface area contributed by atoms with Crippen molar-refractivity contribution in [3.8, 4) is 5.75 Å². The quantitative estimate of drug-likeness (QED) is 0.937. The van der Waals surface area contributed by atoms with Crippen molar-refractivity contribution >= 4 is 0 Å². The monoisotopic (exact) mass is 282 g/mol. The Labute approximate surface area is 114 Å². The Morgan fingerprint density at radius 3 is 2.55 bits per heavy atom. The minimum absolute atomic E-state index is 0.112. The molecular formula is C14H13F3N2O. The van der Waals surface area contributed by atoms with Gasteiger partial charge in [0, 0.05) is 12.7 Å². The molecule has 0 fully saturated rings. The van der Waals surface area contributed by atoms with E-state index in [1.165, 1.54) is 12.1 Å². The van der Waals surface area contributed by atoms with Crippen molar-refractivity contribution in [2.75, 3.05) is 6.54 Å². The number of nitrogens with zero attached hydrogens (tertiary/aromatic N) is 1. The summed E-state index contributed by atoms with van der Waals surface area (Å²) in [7, 11) is 0. The summed E-state index contributed by atoms with van der Waals surface area (Å²) >= 11 is 0. The molecule has 2 N–H and O–H groups in total. The smallest absolute Gasteiger partial charge is 0.416 e. The van der Waals surface area contributed by atoms with Crippen LogP contribution in [0.2, 0.25) is 0 Å². The second-order valence-electron chi connectivity index (χ2n) is 4.12. The predicted octanol–water partition coefficient (Wildman–Crippen LogP) is 3.18. The van der Waals surface area contributed by atoms with Gasteiger partial charge in [-0.25, -0.2) is 0 Å². The number of alkyl halides is 3. The summed E-state index contributed by atoms with van der Waals surface area (Å²) in [6.07, 6.45) is -3.41. The van der Waals surface area contributed by atoms with Crippen LogP contribution in [0.25, 0.3) is 0 Å². The molecule has 1 aromatic heterocycles. The van der Waals surface area contributed by atoms with Crippen LogP contribution in [0, 0.1) is 0 Å². The first-order valence-corrected chi connectivity index (χ1v) is 5.95. The van der Waals surface area contributed by atoms with Crippen molar-refractivity contribution in [3.05, 3.63) is 59.9 Å². The number of hydrogen-bond donors (Lipinski definition) is 1. The molecule has 1 atom stereocenters. The van der Waals surface area contributed by atoms with Gasteiger partial charge in [-0.1, -0.05) is 12.1 Å². The van der Waals surface area contributed by atoms with Gasteiger partial charge in [-0.05, 0) is 30.3 Å². The molecule has 1 heterocycles. The van der Waals surface area contributed by atoms with Gasteiger partial charge in [-0.2, -0.15) is 13.2 Å². The van der Waals surface area contributed by atoms with Crippen molar-refractivity contribution in [3.63, 3.8) is 0 Å².